The minimum absolute atomic E-state index is 0.00232. The molecule has 0 aliphatic heterocycles. The molecule has 0 saturated heterocycles. The third-order valence-electron chi connectivity index (χ3n) is 4.10. The van der Waals surface area contributed by atoms with Crippen molar-refractivity contribution >= 4 is 10.0 Å². The molecule has 0 aliphatic carbocycles. The number of methoxy groups -OCH3 is 1. The second-order valence-electron chi connectivity index (χ2n) is 6.34. The van der Waals surface area contributed by atoms with Crippen LogP contribution in [0, 0.1) is 5.82 Å². The van der Waals surface area contributed by atoms with Crippen LogP contribution in [0.15, 0.2) is 57.9 Å². The first-order valence-corrected chi connectivity index (χ1v) is 9.99. The number of aromatic nitrogens is 2. The predicted octanol–water partition coefficient (Wildman–Crippen LogP) is 3.48. The Morgan fingerprint density at radius 3 is 2.32 bits per heavy atom. The molecule has 0 aliphatic rings. The summed E-state index contributed by atoms with van der Waals surface area (Å²) in [5, 5.41) is 3.92. The SMILES string of the molecule is COc1ccc(-c2noc(CN(C(C)C)S(=O)(=O)c3ccc(F)cc3)n2)cc1. The molecule has 0 saturated carbocycles. The standard InChI is InChI=1S/C19H20FN3O4S/c1-13(2)23(28(24,25)17-10-6-15(20)7-11-17)12-18-21-19(22-27-18)14-4-8-16(26-3)9-5-14/h4-11,13H,12H2,1-3H3. The molecule has 3 rings (SSSR count). The van der Waals surface area contributed by atoms with Gasteiger partial charge < -0.3 is 9.26 Å². The maximum absolute atomic E-state index is 13.1. The van der Waals surface area contributed by atoms with Crippen LogP contribution in [-0.4, -0.2) is 36.0 Å². The highest BCUT2D eigenvalue weighted by Gasteiger charge is 2.29. The van der Waals surface area contributed by atoms with Crippen LogP contribution >= 0.6 is 0 Å². The van der Waals surface area contributed by atoms with Gasteiger partial charge in [-0.1, -0.05) is 5.16 Å². The number of nitrogens with zero attached hydrogens (tertiary/aromatic N) is 3. The normalized spacial score (nSPS) is 11.9. The maximum atomic E-state index is 13.1. The van der Waals surface area contributed by atoms with E-state index in [1.54, 1.807) is 45.2 Å². The third-order valence-corrected chi connectivity index (χ3v) is 6.14. The van der Waals surface area contributed by atoms with Gasteiger partial charge in [-0.2, -0.15) is 9.29 Å². The molecule has 1 aromatic heterocycles. The summed E-state index contributed by atoms with van der Waals surface area (Å²) in [7, 11) is -2.28. The minimum Gasteiger partial charge on any atom is -0.497 e. The average Bonchev–Trinajstić information content (AvgIpc) is 3.15. The van der Waals surface area contributed by atoms with E-state index in [4.69, 9.17) is 9.26 Å². The van der Waals surface area contributed by atoms with E-state index in [1.807, 2.05) is 0 Å². The van der Waals surface area contributed by atoms with Gasteiger partial charge in [0.25, 0.3) is 0 Å². The molecule has 0 bridgehead atoms. The van der Waals surface area contributed by atoms with Crippen molar-refractivity contribution in [3.63, 3.8) is 0 Å². The van der Waals surface area contributed by atoms with Gasteiger partial charge in [0.15, 0.2) is 0 Å². The molecule has 0 N–H and O–H groups in total. The van der Waals surface area contributed by atoms with E-state index < -0.39 is 15.8 Å². The number of rotatable bonds is 7. The Morgan fingerprint density at radius 2 is 1.75 bits per heavy atom. The fourth-order valence-electron chi connectivity index (χ4n) is 2.60. The van der Waals surface area contributed by atoms with E-state index >= 15 is 0 Å². The predicted molar refractivity (Wildman–Crippen MR) is 101 cm³/mol. The van der Waals surface area contributed by atoms with Gasteiger partial charge in [0.2, 0.25) is 21.7 Å². The Bertz CT molecular complexity index is 1030. The molecule has 0 fully saturated rings. The fraction of sp³-hybridized carbons (Fsp3) is 0.263. The number of benzene rings is 2. The van der Waals surface area contributed by atoms with E-state index in [0.717, 1.165) is 12.1 Å². The van der Waals surface area contributed by atoms with Gasteiger partial charge in [-0.15, -0.1) is 0 Å². The highest BCUT2D eigenvalue weighted by atomic mass is 32.2. The fourth-order valence-corrected chi connectivity index (χ4v) is 4.18. The zero-order valence-corrected chi connectivity index (χ0v) is 16.5. The molecule has 148 valence electrons. The Hall–Kier alpha value is -2.78. The third kappa shape index (κ3) is 4.20. The second-order valence-corrected chi connectivity index (χ2v) is 8.23. The first-order valence-electron chi connectivity index (χ1n) is 8.55. The first kappa shape index (κ1) is 20.0. The monoisotopic (exact) mass is 405 g/mol. The zero-order chi connectivity index (χ0) is 20.3. The van der Waals surface area contributed by atoms with Crippen LogP contribution in [0.2, 0.25) is 0 Å². The van der Waals surface area contributed by atoms with E-state index in [-0.39, 0.29) is 23.4 Å². The first-order chi connectivity index (χ1) is 13.3. The zero-order valence-electron chi connectivity index (χ0n) is 15.7. The summed E-state index contributed by atoms with van der Waals surface area (Å²) < 4.78 is 50.6. The van der Waals surface area contributed by atoms with Crippen LogP contribution < -0.4 is 4.74 Å². The molecule has 2 aromatic carbocycles. The molecule has 1 heterocycles. The molecule has 0 spiro atoms. The lowest BCUT2D eigenvalue weighted by Crippen LogP contribution is -2.36. The van der Waals surface area contributed by atoms with Crippen molar-refractivity contribution in [1.82, 2.24) is 14.4 Å². The summed E-state index contributed by atoms with van der Waals surface area (Å²) in [4.78, 5) is 4.29. The summed E-state index contributed by atoms with van der Waals surface area (Å²) in [6, 6.07) is 11.4. The minimum atomic E-state index is -3.86. The Labute approximate surface area is 162 Å². The molecule has 28 heavy (non-hydrogen) atoms. The van der Waals surface area contributed by atoms with Crippen LogP contribution in [0.1, 0.15) is 19.7 Å². The average molecular weight is 405 g/mol. The van der Waals surface area contributed by atoms with Crippen molar-refractivity contribution in [2.24, 2.45) is 0 Å². The Balaban J connectivity index is 1.85. The lowest BCUT2D eigenvalue weighted by molar-refractivity contribution is 0.286. The van der Waals surface area contributed by atoms with E-state index in [0.29, 0.717) is 17.1 Å². The molecular weight excluding hydrogens is 385 g/mol. The maximum Gasteiger partial charge on any atom is 0.243 e. The van der Waals surface area contributed by atoms with Crippen molar-refractivity contribution in [1.29, 1.82) is 0 Å². The Morgan fingerprint density at radius 1 is 1.11 bits per heavy atom. The van der Waals surface area contributed by atoms with Gasteiger partial charge in [-0.05, 0) is 62.4 Å². The highest BCUT2D eigenvalue weighted by Crippen LogP contribution is 2.23. The number of ether oxygens (including phenoxy) is 1. The molecule has 0 radical (unpaired) electrons. The molecular formula is C19H20FN3O4S. The van der Waals surface area contributed by atoms with Gasteiger partial charge in [-0.25, -0.2) is 12.8 Å². The van der Waals surface area contributed by atoms with Gasteiger partial charge in [-0.3, -0.25) is 0 Å². The Kier molecular flexibility index (Phi) is 5.76. The number of sulfonamides is 1. The highest BCUT2D eigenvalue weighted by molar-refractivity contribution is 7.89. The quantitative estimate of drug-likeness (QED) is 0.598. The van der Waals surface area contributed by atoms with Gasteiger partial charge >= 0.3 is 0 Å². The molecule has 9 heteroatoms. The van der Waals surface area contributed by atoms with Crippen molar-refractivity contribution in [2.75, 3.05) is 7.11 Å². The smallest absolute Gasteiger partial charge is 0.243 e. The second kappa shape index (κ2) is 8.07. The largest absolute Gasteiger partial charge is 0.497 e. The van der Waals surface area contributed by atoms with Crippen LogP contribution in [0.3, 0.4) is 0 Å². The molecule has 0 amide bonds. The lowest BCUT2D eigenvalue weighted by atomic mass is 10.2. The lowest BCUT2D eigenvalue weighted by Gasteiger charge is -2.24. The van der Waals surface area contributed by atoms with Gasteiger partial charge in [0.1, 0.15) is 11.6 Å². The number of hydrogen-bond acceptors (Lipinski definition) is 6. The van der Waals surface area contributed by atoms with Crippen LogP contribution in [0.5, 0.6) is 5.75 Å². The van der Waals surface area contributed by atoms with Crippen molar-refractivity contribution < 1.29 is 22.1 Å². The summed E-state index contributed by atoms with van der Waals surface area (Å²) in [6.45, 7) is 3.38. The van der Waals surface area contributed by atoms with Gasteiger partial charge in [0, 0.05) is 11.6 Å². The van der Waals surface area contributed by atoms with E-state index in [2.05, 4.69) is 10.1 Å². The number of halogens is 1. The van der Waals surface area contributed by atoms with Crippen LogP contribution in [0.4, 0.5) is 4.39 Å². The van der Waals surface area contributed by atoms with Crippen molar-refractivity contribution in [3.05, 3.63) is 60.2 Å². The topological polar surface area (TPSA) is 85.5 Å². The van der Waals surface area contributed by atoms with Crippen LogP contribution in [0.25, 0.3) is 11.4 Å². The molecule has 7 nitrogen and oxygen atoms in total. The van der Waals surface area contributed by atoms with Crippen molar-refractivity contribution in [3.8, 4) is 17.1 Å². The molecule has 3 aromatic rings. The van der Waals surface area contributed by atoms with E-state index in [9.17, 15) is 12.8 Å². The summed E-state index contributed by atoms with van der Waals surface area (Å²) in [6.07, 6.45) is 0. The van der Waals surface area contributed by atoms with Crippen molar-refractivity contribution in [2.45, 2.75) is 31.3 Å². The van der Waals surface area contributed by atoms with Crippen LogP contribution in [-0.2, 0) is 16.6 Å². The summed E-state index contributed by atoms with van der Waals surface area (Å²) in [5.74, 6) is 0.700. The van der Waals surface area contributed by atoms with E-state index in [1.165, 1.54) is 16.4 Å². The summed E-state index contributed by atoms with van der Waals surface area (Å²) in [5.41, 5.74) is 0.716. The number of hydrogen-bond donors (Lipinski definition) is 0. The van der Waals surface area contributed by atoms with Gasteiger partial charge in [0.05, 0.1) is 18.6 Å². The summed E-state index contributed by atoms with van der Waals surface area (Å²) >= 11 is 0. The molecule has 0 atom stereocenters. The molecule has 0 unspecified atom stereocenters.